The first-order valence-electron chi connectivity index (χ1n) is 8.28. The summed E-state index contributed by atoms with van der Waals surface area (Å²) in [5.41, 5.74) is -0.108. The lowest BCUT2D eigenvalue weighted by atomic mass is 9.78. The van der Waals surface area contributed by atoms with Crippen LogP contribution in [0.25, 0.3) is 0 Å². The lowest BCUT2D eigenvalue weighted by molar-refractivity contribution is -0.151. The van der Waals surface area contributed by atoms with Crippen LogP contribution in [0.15, 0.2) is 0 Å². The van der Waals surface area contributed by atoms with Crippen LogP contribution in [0.3, 0.4) is 0 Å². The molecule has 0 amide bonds. The minimum Gasteiger partial charge on any atom is -0.459 e. The summed E-state index contributed by atoms with van der Waals surface area (Å²) in [6.45, 7) is 10.3. The van der Waals surface area contributed by atoms with Crippen LogP contribution >= 0.6 is 0 Å². The van der Waals surface area contributed by atoms with Crippen molar-refractivity contribution in [3.05, 3.63) is 0 Å². The average Bonchev–Trinajstić information content (AvgIpc) is 3.21. The van der Waals surface area contributed by atoms with Crippen LogP contribution in [0.2, 0.25) is 0 Å². The quantitative estimate of drug-likeness (QED) is 0.580. The molecule has 1 aliphatic carbocycles. The van der Waals surface area contributed by atoms with Crippen molar-refractivity contribution in [2.75, 3.05) is 0 Å². The van der Waals surface area contributed by atoms with E-state index in [0.717, 1.165) is 25.7 Å². The van der Waals surface area contributed by atoms with E-state index in [-0.39, 0.29) is 29.4 Å². The highest BCUT2D eigenvalue weighted by molar-refractivity contribution is 5.66. The highest BCUT2D eigenvalue weighted by atomic mass is 16.6. The first-order chi connectivity index (χ1) is 9.75. The molecule has 0 spiro atoms. The Labute approximate surface area is 127 Å². The Morgan fingerprint density at radius 2 is 1.81 bits per heavy atom. The number of rotatable bonds is 2. The Morgan fingerprint density at radius 3 is 2.43 bits per heavy atom. The zero-order valence-electron chi connectivity index (χ0n) is 13.8. The largest absolute Gasteiger partial charge is 0.459 e. The van der Waals surface area contributed by atoms with Crippen molar-refractivity contribution in [2.45, 2.75) is 89.8 Å². The highest BCUT2D eigenvalue weighted by Crippen LogP contribution is 2.53. The van der Waals surface area contributed by atoms with Gasteiger partial charge in [0.25, 0.3) is 0 Å². The van der Waals surface area contributed by atoms with Crippen LogP contribution in [-0.2, 0) is 19.0 Å². The summed E-state index contributed by atoms with van der Waals surface area (Å²) in [5.74, 6) is 0.593. The smallest absolute Gasteiger partial charge is 0.303 e. The molecule has 0 aromatic heterocycles. The predicted octanol–water partition coefficient (Wildman–Crippen LogP) is 3.08. The standard InChI is InChI=1S/C17H28O4/c1-10(2)12-6-8-16(4)13(20-16)7-9-17(5)15(21-17)14(12)19-11(3)18/h10,12-15H,6-9H2,1-5H3/t12-,13+,14+,15-,16+,17-/m0/s1. The van der Waals surface area contributed by atoms with E-state index in [1.165, 1.54) is 6.92 Å². The molecule has 3 rings (SSSR count). The number of epoxide rings is 2. The van der Waals surface area contributed by atoms with E-state index in [9.17, 15) is 4.79 Å². The van der Waals surface area contributed by atoms with Crippen LogP contribution in [0, 0.1) is 11.8 Å². The van der Waals surface area contributed by atoms with Crippen molar-refractivity contribution in [1.29, 1.82) is 0 Å². The van der Waals surface area contributed by atoms with Crippen LogP contribution < -0.4 is 0 Å². The molecule has 1 saturated carbocycles. The van der Waals surface area contributed by atoms with Crippen molar-refractivity contribution in [1.82, 2.24) is 0 Å². The number of ether oxygens (including phenoxy) is 3. The van der Waals surface area contributed by atoms with Gasteiger partial charge in [-0.05, 0) is 45.4 Å². The van der Waals surface area contributed by atoms with E-state index in [1.54, 1.807) is 0 Å². The zero-order valence-corrected chi connectivity index (χ0v) is 13.8. The minimum absolute atomic E-state index is 0.0337. The van der Waals surface area contributed by atoms with E-state index in [4.69, 9.17) is 14.2 Å². The van der Waals surface area contributed by atoms with Crippen LogP contribution in [0.5, 0.6) is 0 Å². The molecule has 0 aromatic rings. The fraction of sp³-hybridized carbons (Fsp3) is 0.941. The molecule has 0 radical (unpaired) electrons. The Kier molecular flexibility index (Phi) is 3.61. The molecule has 3 fully saturated rings. The normalized spacial score (nSPS) is 49.0. The number of carbonyl (C=O) groups is 1. The van der Waals surface area contributed by atoms with E-state index < -0.39 is 0 Å². The van der Waals surface area contributed by atoms with E-state index in [0.29, 0.717) is 17.9 Å². The van der Waals surface area contributed by atoms with Gasteiger partial charge in [-0.2, -0.15) is 0 Å². The molecule has 0 aromatic carbocycles. The molecule has 6 atom stereocenters. The van der Waals surface area contributed by atoms with Gasteiger partial charge < -0.3 is 14.2 Å². The Hall–Kier alpha value is -0.610. The Bertz CT molecular complexity index is 435. The summed E-state index contributed by atoms with van der Waals surface area (Å²) in [5, 5.41) is 0. The van der Waals surface area contributed by atoms with Gasteiger partial charge in [0.05, 0.1) is 17.3 Å². The molecular weight excluding hydrogens is 268 g/mol. The van der Waals surface area contributed by atoms with Gasteiger partial charge in [0.1, 0.15) is 12.2 Å². The van der Waals surface area contributed by atoms with E-state index in [1.807, 2.05) is 0 Å². The number of carbonyl (C=O) groups excluding carboxylic acids is 1. The van der Waals surface area contributed by atoms with Crippen LogP contribution in [-0.4, -0.2) is 35.5 Å². The first-order valence-corrected chi connectivity index (χ1v) is 8.28. The van der Waals surface area contributed by atoms with Gasteiger partial charge in [-0.3, -0.25) is 4.79 Å². The van der Waals surface area contributed by atoms with Gasteiger partial charge >= 0.3 is 5.97 Å². The van der Waals surface area contributed by atoms with Crippen LogP contribution in [0.4, 0.5) is 0 Å². The third kappa shape index (κ3) is 2.85. The van der Waals surface area contributed by atoms with Crippen molar-refractivity contribution in [2.24, 2.45) is 11.8 Å². The third-order valence-electron chi connectivity index (χ3n) is 5.73. The van der Waals surface area contributed by atoms with E-state index >= 15 is 0 Å². The van der Waals surface area contributed by atoms with Gasteiger partial charge in [-0.25, -0.2) is 0 Å². The second-order valence-corrected chi connectivity index (χ2v) is 7.83. The molecule has 0 N–H and O–H groups in total. The molecule has 120 valence electrons. The maximum absolute atomic E-state index is 11.5. The maximum atomic E-state index is 11.5. The summed E-state index contributed by atoms with van der Waals surface area (Å²) in [6.07, 6.45) is 4.42. The Morgan fingerprint density at radius 1 is 1.14 bits per heavy atom. The summed E-state index contributed by atoms with van der Waals surface area (Å²) in [7, 11) is 0. The fourth-order valence-electron chi connectivity index (χ4n) is 4.06. The number of hydrogen-bond acceptors (Lipinski definition) is 4. The van der Waals surface area contributed by atoms with Gasteiger partial charge in [0.2, 0.25) is 0 Å². The SMILES string of the molecule is CC(=O)O[C@@H]1[C@H](C(C)C)CC[C@@]2(C)O[C@@H]2CC[C@]2(C)O[C@@H]12. The lowest BCUT2D eigenvalue weighted by Gasteiger charge is -2.30. The monoisotopic (exact) mass is 296 g/mol. The third-order valence-corrected chi connectivity index (χ3v) is 5.73. The molecule has 2 heterocycles. The summed E-state index contributed by atoms with van der Waals surface area (Å²) >= 11 is 0. The molecule has 3 aliphatic rings. The van der Waals surface area contributed by atoms with E-state index in [2.05, 4.69) is 27.7 Å². The van der Waals surface area contributed by atoms with Crippen molar-refractivity contribution < 1.29 is 19.0 Å². The number of esters is 1. The number of hydrogen-bond donors (Lipinski definition) is 0. The van der Waals surface area contributed by atoms with Gasteiger partial charge in [-0.15, -0.1) is 0 Å². The summed E-state index contributed by atoms with van der Waals surface area (Å²) in [6, 6.07) is 0. The van der Waals surface area contributed by atoms with Crippen LogP contribution in [0.1, 0.15) is 60.3 Å². The van der Waals surface area contributed by atoms with Crippen molar-refractivity contribution in [3.63, 3.8) is 0 Å². The van der Waals surface area contributed by atoms with Gasteiger partial charge in [0, 0.05) is 12.8 Å². The molecule has 0 unspecified atom stereocenters. The maximum Gasteiger partial charge on any atom is 0.303 e. The van der Waals surface area contributed by atoms with Gasteiger partial charge in [0.15, 0.2) is 0 Å². The number of fused-ring (bicyclic) bond motifs is 2. The molecule has 4 heteroatoms. The van der Waals surface area contributed by atoms with Crippen molar-refractivity contribution in [3.8, 4) is 0 Å². The summed E-state index contributed by atoms with van der Waals surface area (Å²) < 4.78 is 17.6. The predicted molar refractivity (Wildman–Crippen MR) is 78.9 cm³/mol. The zero-order chi connectivity index (χ0) is 15.4. The minimum atomic E-state index is -0.202. The topological polar surface area (TPSA) is 51.4 Å². The molecule has 0 bridgehead atoms. The molecular formula is C17H28O4. The Balaban J connectivity index is 1.82. The molecule has 2 saturated heterocycles. The molecule has 21 heavy (non-hydrogen) atoms. The first kappa shape index (κ1) is 15.3. The molecule has 4 nitrogen and oxygen atoms in total. The second-order valence-electron chi connectivity index (χ2n) is 7.83. The highest BCUT2D eigenvalue weighted by Gasteiger charge is 2.62. The average molecular weight is 296 g/mol. The summed E-state index contributed by atoms with van der Waals surface area (Å²) in [4.78, 5) is 11.5. The molecule has 2 aliphatic heterocycles. The van der Waals surface area contributed by atoms with Gasteiger partial charge in [-0.1, -0.05) is 13.8 Å². The fourth-order valence-corrected chi connectivity index (χ4v) is 4.06. The lowest BCUT2D eigenvalue weighted by Crippen LogP contribution is -2.38. The second kappa shape index (κ2) is 4.95. The van der Waals surface area contributed by atoms with Crippen molar-refractivity contribution >= 4 is 5.97 Å².